The summed E-state index contributed by atoms with van der Waals surface area (Å²) in [6, 6.07) is 0.273. The molecule has 0 aromatic carbocycles. The van der Waals surface area contributed by atoms with Gasteiger partial charge in [-0.15, -0.1) is 0 Å². The van der Waals surface area contributed by atoms with Gasteiger partial charge in [-0.05, 0) is 18.8 Å². The fourth-order valence-electron chi connectivity index (χ4n) is 3.76. The van der Waals surface area contributed by atoms with Gasteiger partial charge in [-0.3, -0.25) is 4.68 Å². The third-order valence-electron chi connectivity index (χ3n) is 5.11. The molecule has 1 fully saturated rings. The molecule has 1 aliphatic carbocycles. The summed E-state index contributed by atoms with van der Waals surface area (Å²) in [7, 11) is 0. The van der Waals surface area contributed by atoms with Gasteiger partial charge in [0.15, 0.2) is 5.88 Å². The van der Waals surface area contributed by atoms with Crippen molar-refractivity contribution in [1.29, 1.82) is 0 Å². The van der Waals surface area contributed by atoms with E-state index in [-0.39, 0.29) is 18.0 Å². The molecule has 27 heavy (non-hydrogen) atoms. The number of hydrogen-bond donors (Lipinski definition) is 4. The molecule has 2 atom stereocenters. The van der Waals surface area contributed by atoms with Crippen LogP contribution in [-0.4, -0.2) is 41.9 Å². The van der Waals surface area contributed by atoms with Gasteiger partial charge in [-0.2, -0.15) is 5.10 Å². The van der Waals surface area contributed by atoms with E-state index in [4.69, 9.17) is 10.7 Å². The first-order valence-corrected chi connectivity index (χ1v) is 9.64. The Labute approximate surface area is 158 Å². The second-order valence-corrected chi connectivity index (χ2v) is 7.84. The minimum atomic E-state index is 0.0672. The number of hydrogen-bond acceptors (Lipinski definition) is 6. The lowest BCUT2D eigenvalue weighted by atomic mass is 9.91. The van der Waals surface area contributed by atoms with E-state index in [9.17, 15) is 5.11 Å². The van der Waals surface area contributed by atoms with Gasteiger partial charge in [0.1, 0.15) is 0 Å². The van der Waals surface area contributed by atoms with E-state index in [0.29, 0.717) is 28.5 Å². The highest BCUT2D eigenvalue weighted by Crippen LogP contribution is 2.33. The summed E-state index contributed by atoms with van der Waals surface area (Å²) < 4.78 is 1.90. The molecule has 4 rings (SSSR count). The third-order valence-corrected chi connectivity index (χ3v) is 5.11. The van der Waals surface area contributed by atoms with Crippen molar-refractivity contribution < 1.29 is 5.11 Å². The van der Waals surface area contributed by atoms with Gasteiger partial charge in [0.05, 0.1) is 22.8 Å². The maximum atomic E-state index is 10.3. The zero-order valence-electron chi connectivity index (χ0n) is 15.8. The van der Waals surface area contributed by atoms with Crippen molar-refractivity contribution in [3.63, 3.8) is 0 Å². The molecule has 1 aliphatic rings. The molecule has 0 amide bonds. The molecule has 1 saturated carbocycles. The largest absolute Gasteiger partial charge is 0.494 e. The molecular formula is C19H27N7O. The molecule has 8 nitrogen and oxygen atoms in total. The van der Waals surface area contributed by atoms with Crippen molar-refractivity contribution in [2.24, 2.45) is 11.7 Å². The summed E-state index contributed by atoms with van der Waals surface area (Å²) in [5.74, 6) is 1.10. The van der Waals surface area contributed by atoms with E-state index in [1.807, 2.05) is 10.9 Å². The Morgan fingerprint density at radius 1 is 1.33 bits per heavy atom. The van der Waals surface area contributed by atoms with Crippen LogP contribution in [0.4, 0.5) is 5.95 Å². The van der Waals surface area contributed by atoms with Crippen molar-refractivity contribution in [3.05, 3.63) is 18.6 Å². The average molecular weight is 369 g/mol. The summed E-state index contributed by atoms with van der Waals surface area (Å²) in [4.78, 5) is 12.1. The highest BCUT2D eigenvalue weighted by Gasteiger charge is 2.24. The second kappa shape index (κ2) is 7.19. The summed E-state index contributed by atoms with van der Waals surface area (Å²) in [6.07, 6.45) is 9.80. The first-order valence-electron chi connectivity index (χ1n) is 9.64. The van der Waals surface area contributed by atoms with E-state index >= 15 is 0 Å². The highest BCUT2D eigenvalue weighted by molar-refractivity contribution is 5.97. The lowest BCUT2D eigenvalue weighted by molar-refractivity contribution is 0.402. The Hall–Kier alpha value is -2.61. The number of H-pyrrole nitrogens is 1. The van der Waals surface area contributed by atoms with E-state index in [1.54, 1.807) is 12.4 Å². The Kier molecular flexibility index (Phi) is 4.73. The number of anilines is 1. The molecule has 0 aliphatic heterocycles. The van der Waals surface area contributed by atoms with E-state index < -0.39 is 0 Å². The van der Waals surface area contributed by atoms with Crippen LogP contribution >= 0.6 is 0 Å². The van der Waals surface area contributed by atoms with Crippen molar-refractivity contribution in [1.82, 2.24) is 24.7 Å². The number of nitrogens with two attached hydrogens (primary N) is 1. The van der Waals surface area contributed by atoms with Crippen molar-refractivity contribution in [2.75, 3.05) is 5.32 Å². The predicted octanol–water partition coefficient (Wildman–Crippen LogP) is 2.86. The van der Waals surface area contributed by atoms with Crippen LogP contribution in [0.25, 0.3) is 22.2 Å². The van der Waals surface area contributed by atoms with Gasteiger partial charge in [-0.25, -0.2) is 9.97 Å². The number of fused-ring (bicyclic) bond motifs is 1. The molecule has 5 N–H and O–H groups in total. The third kappa shape index (κ3) is 3.62. The molecule has 3 aromatic rings. The van der Waals surface area contributed by atoms with Gasteiger partial charge >= 0.3 is 0 Å². The Morgan fingerprint density at radius 2 is 2.15 bits per heavy atom. The topological polar surface area (TPSA) is 118 Å². The molecular weight excluding hydrogens is 342 g/mol. The summed E-state index contributed by atoms with van der Waals surface area (Å²) in [5, 5.41) is 18.7. The SMILES string of the molecule is CC(C)Cn1cc(-c2nc(NC3CCCCC3N)nc3c[nH]c(O)c23)cn1. The molecule has 0 saturated heterocycles. The second-order valence-electron chi connectivity index (χ2n) is 7.84. The Bertz CT molecular complexity index is 929. The Morgan fingerprint density at radius 3 is 2.93 bits per heavy atom. The highest BCUT2D eigenvalue weighted by atomic mass is 16.3. The number of rotatable bonds is 5. The molecule has 3 aromatic heterocycles. The minimum absolute atomic E-state index is 0.0672. The van der Waals surface area contributed by atoms with Crippen LogP contribution in [0, 0.1) is 5.92 Å². The molecule has 0 bridgehead atoms. The Balaban J connectivity index is 1.72. The number of aromatic hydroxyl groups is 1. The van der Waals surface area contributed by atoms with Crippen molar-refractivity contribution in [3.8, 4) is 17.1 Å². The van der Waals surface area contributed by atoms with E-state index in [0.717, 1.165) is 31.4 Å². The van der Waals surface area contributed by atoms with Crippen LogP contribution in [0.5, 0.6) is 5.88 Å². The van der Waals surface area contributed by atoms with Gasteiger partial charge in [0, 0.05) is 36.6 Å². The molecule has 3 heterocycles. The number of aromatic amines is 1. The van der Waals surface area contributed by atoms with Crippen molar-refractivity contribution >= 4 is 16.9 Å². The predicted molar refractivity (Wildman–Crippen MR) is 105 cm³/mol. The molecule has 0 radical (unpaired) electrons. The van der Waals surface area contributed by atoms with Crippen LogP contribution in [0.1, 0.15) is 39.5 Å². The van der Waals surface area contributed by atoms with Gasteiger partial charge in [0.2, 0.25) is 5.95 Å². The minimum Gasteiger partial charge on any atom is -0.494 e. The van der Waals surface area contributed by atoms with Crippen LogP contribution in [0.3, 0.4) is 0 Å². The maximum Gasteiger partial charge on any atom is 0.224 e. The summed E-state index contributed by atoms with van der Waals surface area (Å²) in [5.41, 5.74) is 8.46. The summed E-state index contributed by atoms with van der Waals surface area (Å²) >= 11 is 0. The van der Waals surface area contributed by atoms with Crippen molar-refractivity contribution in [2.45, 2.75) is 58.2 Å². The number of nitrogens with one attached hydrogen (secondary N) is 2. The first-order chi connectivity index (χ1) is 13.0. The number of aromatic nitrogens is 5. The summed E-state index contributed by atoms with van der Waals surface area (Å²) in [6.45, 7) is 5.13. The quantitative estimate of drug-likeness (QED) is 0.549. The monoisotopic (exact) mass is 369 g/mol. The lowest BCUT2D eigenvalue weighted by Gasteiger charge is -2.29. The smallest absolute Gasteiger partial charge is 0.224 e. The molecule has 144 valence electrons. The van der Waals surface area contributed by atoms with Gasteiger partial charge < -0.3 is 21.1 Å². The van der Waals surface area contributed by atoms with Crippen LogP contribution in [0.2, 0.25) is 0 Å². The van der Waals surface area contributed by atoms with Gasteiger partial charge in [-0.1, -0.05) is 26.7 Å². The normalized spacial score (nSPS) is 20.4. The maximum absolute atomic E-state index is 10.3. The van der Waals surface area contributed by atoms with E-state index in [1.165, 1.54) is 6.42 Å². The first kappa shape index (κ1) is 17.8. The van der Waals surface area contributed by atoms with Crippen LogP contribution < -0.4 is 11.1 Å². The fourth-order valence-corrected chi connectivity index (χ4v) is 3.76. The average Bonchev–Trinajstić information content (AvgIpc) is 3.23. The molecule has 2 unspecified atom stereocenters. The fraction of sp³-hybridized carbons (Fsp3) is 0.526. The zero-order valence-corrected chi connectivity index (χ0v) is 15.8. The van der Waals surface area contributed by atoms with Gasteiger partial charge in [0.25, 0.3) is 0 Å². The lowest BCUT2D eigenvalue weighted by Crippen LogP contribution is -2.42. The molecule has 8 heteroatoms. The number of nitrogens with zero attached hydrogens (tertiary/aromatic N) is 4. The van der Waals surface area contributed by atoms with Crippen LogP contribution in [-0.2, 0) is 6.54 Å². The zero-order chi connectivity index (χ0) is 19.0. The van der Waals surface area contributed by atoms with E-state index in [2.05, 4.69) is 34.2 Å². The van der Waals surface area contributed by atoms with Crippen LogP contribution in [0.15, 0.2) is 18.6 Å². The standard InChI is InChI=1S/C19H27N7O/c1-11(2)9-26-10-12(7-22-26)17-16-15(8-21-18(16)27)24-19(25-17)23-14-6-4-3-5-13(14)20/h7-8,10-11,13-14,21,27H,3-6,9,20H2,1-2H3,(H,23,24). The molecule has 0 spiro atoms.